The van der Waals surface area contributed by atoms with Crippen molar-refractivity contribution in [2.24, 2.45) is 5.92 Å². The summed E-state index contributed by atoms with van der Waals surface area (Å²) in [6.07, 6.45) is 7.30. The summed E-state index contributed by atoms with van der Waals surface area (Å²) in [6, 6.07) is 0. The summed E-state index contributed by atoms with van der Waals surface area (Å²) in [4.78, 5) is 0. The molecule has 1 fully saturated rings. The van der Waals surface area contributed by atoms with Crippen LogP contribution in [0.2, 0.25) is 0 Å². The van der Waals surface area contributed by atoms with Crippen molar-refractivity contribution in [1.29, 1.82) is 0 Å². The van der Waals surface area contributed by atoms with Crippen molar-refractivity contribution >= 4 is 0 Å². The Bertz CT molecular complexity index is 159. The molecule has 1 N–H and O–H groups in total. The molecule has 0 saturated carbocycles. The minimum absolute atomic E-state index is 0.0928. The van der Waals surface area contributed by atoms with Gasteiger partial charge in [0.1, 0.15) is 6.10 Å². The minimum atomic E-state index is 0.0928. The normalized spacial score (nSPS) is 31.0. The second kappa shape index (κ2) is 3.75. The molecule has 2 heteroatoms. The number of ether oxygens (including phenoxy) is 1. The SMILES string of the molecule is C#CC[C@@H](C)C[C@@H]1O[C@H]1CO. The smallest absolute Gasteiger partial charge is 0.107 e. The summed E-state index contributed by atoms with van der Waals surface area (Å²) in [5.41, 5.74) is 0. The molecule has 0 spiro atoms. The van der Waals surface area contributed by atoms with E-state index in [1.54, 1.807) is 0 Å². The van der Waals surface area contributed by atoms with E-state index in [4.69, 9.17) is 16.3 Å². The summed E-state index contributed by atoms with van der Waals surface area (Å²) >= 11 is 0. The molecule has 11 heavy (non-hydrogen) atoms. The van der Waals surface area contributed by atoms with Crippen LogP contribution in [-0.2, 0) is 4.74 Å². The topological polar surface area (TPSA) is 32.8 Å². The third-order valence-corrected chi connectivity index (χ3v) is 1.97. The van der Waals surface area contributed by atoms with E-state index in [9.17, 15) is 0 Å². The summed E-state index contributed by atoms with van der Waals surface area (Å²) in [5.74, 6) is 3.13. The van der Waals surface area contributed by atoms with Gasteiger partial charge < -0.3 is 9.84 Å². The van der Waals surface area contributed by atoms with Crippen LogP contribution >= 0.6 is 0 Å². The Balaban J connectivity index is 2.09. The number of hydrogen-bond acceptors (Lipinski definition) is 2. The van der Waals surface area contributed by atoms with Gasteiger partial charge in [-0.3, -0.25) is 0 Å². The summed E-state index contributed by atoms with van der Waals surface area (Å²) in [7, 11) is 0. The molecule has 0 aromatic carbocycles. The fourth-order valence-corrected chi connectivity index (χ4v) is 1.23. The molecule has 2 nitrogen and oxygen atoms in total. The van der Waals surface area contributed by atoms with Gasteiger partial charge in [-0.25, -0.2) is 0 Å². The molecule has 0 aromatic rings. The second-order valence-corrected chi connectivity index (χ2v) is 3.14. The average Bonchev–Trinajstić information content (AvgIpc) is 2.68. The zero-order valence-corrected chi connectivity index (χ0v) is 6.79. The first-order valence-corrected chi connectivity index (χ1v) is 3.97. The molecule has 0 bridgehead atoms. The lowest BCUT2D eigenvalue weighted by atomic mass is 10.0. The van der Waals surface area contributed by atoms with Gasteiger partial charge in [0.25, 0.3) is 0 Å². The zero-order chi connectivity index (χ0) is 8.27. The summed E-state index contributed by atoms with van der Waals surface area (Å²) in [6.45, 7) is 2.25. The largest absolute Gasteiger partial charge is 0.394 e. The average molecular weight is 154 g/mol. The van der Waals surface area contributed by atoms with Crippen LogP contribution in [0.3, 0.4) is 0 Å². The first-order valence-electron chi connectivity index (χ1n) is 3.97. The molecule has 0 aromatic heterocycles. The molecule has 1 aliphatic heterocycles. The summed E-state index contributed by atoms with van der Waals surface area (Å²) in [5, 5.41) is 8.65. The number of epoxide rings is 1. The molecule has 3 atom stereocenters. The molecular formula is C9H14O2. The van der Waals surface area contributed by atoms with Crippen molar-refractivity contribution < 1.29 is 9.84 Å². The van der Waals surface area contributed by atoms with E-state index in [2.05, 4.69) is 12.8 Å². The number of rotatable bonds is 4. The highest BCUT2D eigenvalue weighted by atomic mass is 16.6. The van der Waals surface area contributed by atoms with Crippen molar-refractivity contribution in [2.75, 3.05) is 6.61 Å². The quantitative estimate of drug-likeness (QED) is 0.480. The Kier molecular flexibility index (Phi) is 2.92. The van der Waals surface area contributed by atoms with E-state index >= 15 is 0 Å². The molecule has 1 aliphatic rings. The number of terminal acetylenes is 1. The lowest BCUT2D eigenvalue weighted by Crippen LogP contribution is -2.04. The van der Waals surface area contributed by atoms with Gasteiger partial charge in [-0.05, 0) is 12.3 Å². The molecule has 0 radical (unpaired) electrons. The van der Waals surface area contributed by atoms with Gasteiger partial charge >= 0.3 is 0 Å². The van der Waals surface area contributed by atoms with Gasteiger partial charge in [0.2, 0.25) is 0 Å². The van der Waals surface area contributed by atoms with Crippen LogP contribution < -0.4 is 0 Å². The molecule has 1 rings (SSSR count). The first-order chi connectivity index (χ1) is 5.27. The van der Waals surface area contributed by atoms with Gasteiger partial charge in [-0.2, -0.15) is 0 Å². The Labute approximate surface area is 67.6 Å². The van der Waals surface area contributed by atoms with Crippen molar-refractivity contribution in [2.45, 2.75) is 32.0 Å². The van der Waals surface area contributed by atoms with Crippen molar-refractivity contribution in [3.8, 4) is 12.3 Å². The predicted octanol–water partition coefficient (Wildman–Crippen LogP) is 0.796. The maximum atomic E-state index is 8.65. The zero-order valence-electron chi connectivity index (χ0n) is 6.79. The van der Waals surface area contributed by atoms with Crippen molar-refractivity contribution in [3.05, 3.63) is 0 Å². The first kappa shape index (κ1) is 8.58. The molecular weight excluding hydrogens is 140 g/mol. The maximum Gasteiger partial charge on any atom is 0.107 e. The summed E-state index contributed by atoms with van der Waals surface area (Å²) < 4.78 is 5.16. The van der Waals surface area contributed by atoms with Crippen LogP contribution in [0.25, 0.3) is 0 Å². The van der Waals surface area contributed by atoms with E-state index < -0.39 is 0 Å². The predicted molar refractivity (Wildman–Crippen MR) is 43.0 cm³/mol. The third-order valence-electron chi connectivity index (χ3n) is 1.97. The molecule has 0 amide bonds. The van der Waals surface area contributed by atoms with Gasteiger partial charge in [-0.1, -0.05) is 6.92 Å². The van der Waals surface area contributed by atoms with Crippen LogP contribution in [0, 0.1) is 18.3 Å². The lowest BCUT2D eigenvalue weighted by molar-refractivity contribution is 0.241. The van der Waals surface area contributed by atoms with Crippen LogP contribution in [-0.4, -0.2) is 23.9 Å². The van der Waals surface area contributed by atoms with Crippen LogP contribution in [0.15, 0.2) is 0 Å². The van der Waals surface area contributed by atoms with E-state index in [0.29, 0.717) is 5.92 Å². The Hall–Kier alpha value is -0.520. The lowest BCUT2D eigenvalue weighted by Gasteiger charge is -2.02. The highest BCUT2D eigenvalue weighted by molar-refractivity contribution is 4.90. The standard InChI is InChI=1S/C9H14O2/c1-3-4-7(2)5-8-9(6-10)11-8/h1,7-10H,4-6H2,2H3/t7-,8+,9+/m1/s1. The maximum absolute atomic E-state index is 8.65. The second-order valence-electron chi connectivity index (χ2n) is 3.14. The van der Waals surface area contributed by atoms with Crippen LogP contribution in [0.4, 0.5) is 0 Å². The number of aliphatic hydroxyl groups excluding tert-OH is 1. The third kappa shape index (κ3) is 2.53. The van der Waals surface area contributed by atoms with E-state index in [0.717, 1.165) is 12.8 Å². The van der Waals surface area contributed by atoms with Gasteiger partial charge in [0.15, 0.2) is 0 Å². The highest BCUT2D eigenvalue weighted by Gasteiger charge is 2.38. The van der Waals surface area contributed by atoms with Crippen molar-refractivity contribution in [3.63, 3.8) is 0 Å². The fourth-order valence-electron chi connectivity index (χ4n) is 1.23. The Morgan fingerprint density at radius 1 is 1.64 bits per heavy atom. The van der Waals surface area contributed by atoms with E-state index in [1.165, 1.54) is 0 Å². The molecule has 0 unspecified atom stereocenters. The minimum Gasteiger partial charge on any atom is -0.394 e. The van der Waals surface area contributed by atoms with Crippen LogP contribution in [0.5, 0.6) is 0 Å². The Morgan fingerprint density at radius 2 is 2.36 bits per heavy atom. The fraction of sp³-hybridized carbons (Fsp3) is 0.778. The van der Waals surface area contributed by atoms with Gasteiger partial charge in [-0.15, -0.1) is 12.3 Å². The number of aliphatic hydroxyl groups is 1. The van der Waals surface area contributed by atoms with E-state index in [-0.39, 0.29) is 18.8 Å². The van der Waals surface area contributed by atoms with Gasteiger partial charge in [0.05, 0.1) is 12.7 Å². The molecule has 1 saturated heterocycles. The molecule has 0 aliphatic carbocycles. The van der Waals surface area contributed by atoms with Crippen LogP contribution in [0.1, 0.15) is 19.8 Å². The van der Waals surface area contributed by atoms with E-state index in [1.807, 2.05) is 0 Å². The molecule has 1 heterocycles. The molecule has 62 valence electrons. The highest BCUT2D eigenvalue weighted by Crippen LogP contribution is 2.28. The Morgan fingerprint density at radius 3 is 2.82 bits per heavy atom. The van der Waals surface area contributed by atoms with Crippen molar-refractivity contribution in [1.82, 2.24) is 0 Å². The monoisotopic (exact) mass is 154 g/mol. The van der Waals surface area contributed by atoms with Gasteiger partial charge in [0, 0.05) is 6.42 Å². The number of hydrogen-bond donors (Lipinski definition) is 1.